The summed E-state index contributed by atoms with van der Waals surface area (Å²) < 4.78 is 41.9. The minimum atomic E-state index is -3.60. The van der Waals surface area contributed by atoms with Gasteiger partial charge in [0.1, 0.15) is 0 Å². The molecule has 0 radical (unpaired) electrons. The predicted molar refractivity (Wildman–Crippen MR) is 101 cm³/mol. The highest BCUT2D eigenvalue weighted by Gasteiger charge is 2.26. The molecular weight excluding hydrogens is 456 g/mol. The maximum Gasteiger partial charge on any atom is 0.374 e. The number of amides is 1. The van der Waals surface area contributed by atoms with E-state index in [1.807, 2.05) is 0 Å². The molecule has 150 valence electrons. The first-order valence-corrected chi connectivity index (χ1v) is 10.5. The number of halogens is 1. The topological polar surface area (TPSA) is 115 Å². The van der Waals surface area contributed by atoms with Crippen LogP contribution in [0.1, 0.15) is 10.6 Å². The van der Waals surface area contributed by atoms with Crippen molar-refractivity contribution in [2.24, 2.45) is 0 Å². The molecule has 1 aliphatic rings. The van der Waals surface area contributed by atoms with Crippen LogP contribution in [0.2, 0.25) is 0 Å². The van der Waals surface area contributed by atoms with Crippen LogP contribution < -0.4 is 5.32 Å². The lowest BCUT2D eigenvalue weighted by atomic mass is 10.3. The summed E-state index contributed by atoms with van der Waals surface area (Å²) in [4.78, 5) is 23.8. The third-order valence-electron chi connectivity index (χ3n) is 3.85. The van der Waals surface area contributed by atoms with Gasteiger partial charge in [-0.25, -0.2) is 13.2 Å². The van der Waals surface area contributed by atoms with Crippen LogP contribution in [0, 0.1) is 0 Å². The van der Waals surface area contributed by atoms with Crippen molar-refractivity contribution in [2.75, 3.05) is 38.2 Å². The van der Waals surface area contributed by atoms with E-state index < -0.39 is 28.5 Å². The van der Waals surface area contributed by atoms with Crippen LogP contribution in [0.4, 0.5) is 5.69 Å². The molecule has 3 rings (SSSR count). The minimum absolute atomic E-state index is 0.0302. The molecule has 1 saturated heterocycles. The molecule has 0 aliphatic carbocycles. The van der Waals surface area contributed by atoms with Crippen molar-refractivity contribution in [3.63, 3.8) is 0 Å². The van der Waals surface area contributed by atoms with Gasteiger partial charge in [0, 0.05) is 18.8 Å². The van der Waals surface area contributed by atoms with Gasteiger partial charge in [-0.1, -0.05) is 0 Å². The van der Waals surface area contributed by atoms with E-state index in [1.165, 1.54) is 40.7 Å². The highest BCUT2D eigenvalue weighted by molar-refractivity contribution is 9.10. The Balaban J connectivity index is 1.55. The van der Waals surface area contributed by atoms with E-state index in [1.54, 1.807) is 0 Å². The van der Waals surface area contributed by atoms with Gasteiger partial charge in [0.05, 0.1) is 18.1 Å². The number of carbonyl (C=O) groups excluding carboxylic acids is 2. The first-order valence-electron chi connectivity index (χ1n) is 8.26. The van der Waals surface area contributed by atoms with Crippen LogP contribution in [-0.4, -0.2) is 57.5 Å². The normalized spacial score (nSPS) is 15.2. The summed E-state index contributed by atoms with van der Waals surface area (Å²) in [5.41, 5.74) is 0.378. The number of hydrogen-bond acceptors (Lipinski definition) is 7. The summed E-state index contributed by atoms with van der Waals surface area (Å²) in [6.07, 6.45) is 0. The summed E-state index contributed by atoms with van der Waals surface area (Å²) in [6, 6.07) is 8.70. The van der Waals surface area contributed by atoms with Gasteiger partial charge in [-0.05, 0) is 52.3 Å². The number of ether oxygens (including phenoxy) is 2. The molecule has 0 spiro atoms. The van der Waals surface area contributed by atoms with Gasteiger partial charge in [-0.3, -0.25) is 4.79 Å². The van der Waals surface area contributed by atoms with Crippen molar-refractivity contribution in [2.45, 2.75) is 4.90 Å². The Morgan fingerprint density at radius 2 is 1.79 bits per heavy atom. The van der Waals surface area contributed by atoms with Gasteiger partial charge in [-0.15, -0.1) is 0 Å². The van der Waals surface area contributed by atoms with Gasteiger partial charge >= 0.3 is 5.97 Å². The van der Waals surface area contributed by atoms with E-state index in [0.717, 1.165) is 0 Å². The Morgan fingerprint density at radius 3 is 2.39 bits per heavy atom. The summed E-state index contributed by atoms with van der Waals surface area (Å²) in [7, 11) is -3.60. The summed E-state index contributed by atoms with van der Waals surface area (Å²) in [6.45, 7) is 0.823. The minimum Gasteiger partial charge on any atom is -0.450 e. The van der Waals surface area contributed by atoms with E-state index in [9.17, 15) is 18.0 Å². The largest absolute Gasteiger partial charge is 0.450 e. The molecule has 11 heteroatoms. The number of sulfonamides is 1. The Morgan fingerprint density at radius 1 is 1.11 bits per heavy atom. The van der Waals surface area contributed by atoms with Crippen molar-refractivity contribution in [3.05, 3.63) is 46.8 Å². The van der Waals surface area contributed by atoms with Crippen molar-refractivity contribution < 1.29 is 31.9 Å². The molecular formula is C17H17BrN2O7S. The van der Waals surface area contributed by atoms with E-state index >= 15 is 0 Å². The van der Waals surface area contributed by atoms with E-state index in [2.05, 4.69) is 21.2 Å². The van der Waals surface area contributed by atoms with Gasteiger partial charge < -0.3 is 19.2 Å². The molecule has 1 amide bonds. The second kappa shape index (κ2) is 8.86. The van der Waals surface area contributed by atoms with Gasteiger partial charge in [-0.2, -0.15) is 4.31 Å². The molecule has 1 aliphatic heterocycles. The number of nitrogens with zero attached hydrogens (tertiary/aromatic N) is 1. The number of hydrogen-bond donors (Lipinski definition) is 1. The molecule has 0 bridgehead atoms. The Bertz CT molecular complexity index is 950. The molecule has 0 atom stereocenters. The second-order valence-corrected chi connectivity index (χ2v) is 8.49. The number of benzene rings is 1. The monoisotopic (exact) mass is 472 g/mol. The second-order valence-electron chi connectivity index (χ2n) is 5.77. The van der Waals surface area contributed by atoms with E-state index in [-0.39, 0.29) is 10.7 Å². The van der Waals surface area contributed by atoms with Crippen LogP contribution in [0.25, 0.3) is 0 Å². The molecule has 1 fully saturated rings. The molecule has 1 N–H and O–H groups in total. The third kappa shape index (κ3) is 4.98. The SMILES string of the molecule is O=C(COC(=O)c1ccc(Br)o1)Nc1ccc(S(=O)(=O)N2CCOCC2)cc1. The zero-order valence-electron chi connectivity index (χ0n) is 14.6. The summed E-state index contributed by atoms with van der Waals surface area (Å²) in [5.74, 6) is -1.37. The lowest BCUT2D eigenvalue weighted by Gasteiger charge is -2.26. The third-order valence-corrected chi connectivity index (χ3v) is 6.19. The standard InChI is InChI=1S/C17H17BrN2O7S/c18-15-6-5-14(27-15)17(22)26-11-16(21)19-12-1-3-13(4-2-12)28(23,24)20-7-9-25-10-8-20/h1-6H,7-11H2,(H,19,21). The van der Waals surface area contributed by atoms with E-state index in [0.29, 0.717) is 36.7 Å². The molecule has 0 unspecified atom stereocenters. The lowest BCUT2D eigenvalue weighted by molar-refractivity contribution is -0.119. The fraction of sp³-hybridized carbons (Fsp3) is 0.294. The first kappa shape index (κ1) is 20.5. The Labute approximate surface area is 169 Å². The van der Waals surface area contributed by atoms with Crippen LogP contribution in [0.5, 0.6) is 0 Å². The van der Waals surface area contributed by atoms with Gasteiger partial charge in [0.2, 0.25) is 15.8 Å². The number of carbonyl (C=O) groups is 2. The Hall–Kier alpha value is -2.21. The maximum atomic E-state index is 12.5. The number of nitrogens with one attached hydrogen (secondary N) is 1. The molecule has 2 aromatic rings. The van der Waals surface area contributed by atoms with Gasteiger partial charge in [0.25, 0.3) is 5.91 Å². The Kier molecular flexibility index (Phi) is 6.50. The molecule has 28 heavy (non-hydrogen) atoms. The first-order chi connectivity index (χ1) is 13.4. The summed E-state index contributed by atoms with van der Waals surface area (Å²) in [5, 5.41) is 2.53. The summed E-state index contributed by atoms with van der Waals surface area (Å²) >= 11 is 3.06. The molecule has 1 aromatic heterocycles. The smallest absolute Gasteiger partial charge is 0.374 e. The average Bonchev–Trinajstić information content (AvgIpc) is 3.14. The van der Waals surface area contributed by atoms with Crippen LogP contribution in [0.3, 0.4) is 0 Å². The van der Waals surface area contributed by atoms with Crippen molar-refractivity contribution >= 4 is 43.5 Å². The zero-order chi connectivity index (χ0) is 20.1. The fourth-order valence-electron chi connectivity index (χ4n) is 2.47. The molecule has 2 heterocycles. The van der Waals surface area contributed by atoms with Crippen LogP contribution >= 0.6 is 15.9 Å². The number of furan rings is 1. The highest BCUT2D eigenvalue weighted by atomic mass is 79.9. The highest BCUT2D eigenvalue weighted by Crippen LogP contribution is 2.19. The van der Waals surface area contributed by atoms with Crippen molar-refractivity contribution in [3.8, 4) is 0 Å². The molecule has 1 aromatic carbocycles. The lowest BCUT2D eigenvalue weighted by Crippen LogP contribution is -2.40. The number of anilines is 1. The van der Waals surface area contributed by atoms with Crippen LogP contribution in [0.15, 0.2) is 50.4 Å². The van der Waals surface area contributed by atoms with E-state index in [4.69, 9.17) is 13.9 Å². The molecule has 0 saturated carbocycles. The number of esters is 1. The number of rotatable bonds is 6. The maximum absolute atomic E-state index is 12.5. The predicted octanol–water partition coefficient (Wildman–Crippen LogP) is 1.86. The van der Waals surface area contributed by atoms with Crippen molar-refractivity contribution in [1.82, 2.24) is 4.31 Å². The fourth-order valence-corrected chi connectivity index (χ4v) is 4.18. The van der Waals surface area contributed by atoms with Gasteiger partial charge in [0.15, 0.2) is 11.3 Å². The van der Waals surface area contributed by atoms with Crippen molar-refractivity contribution in [1.29, 1.82) is 0 Å². The van der Waals surface area contributed by atoms with Crippen LogP contribution in [-0.2, 0) is 24.3 Å². The number of morpholine rings is 1. The molecule has 9 nitrogen and oxygen atoms in total. The quantitative estimate of drug-likeness (QED) is 0.637. The average molecular weight is 473 g/mol. The zero-order valence-corrected chi connectivity index (χ0v) is 17.0.